The smallest absolute Gasteiger partial charge is 0.321 e. The second-order valence-corrected chi connectivity index (χ2v) is 6.16. The zero-order chi connectivity index (χ0) is 16.4. The Kier molecular flexibility index (Phi) is 4.20. The number of hydrogen-bond acceptors (Lipinski definition) is 5. The average molecular weight is 327 g/mol. The van der Waals surface area contributed by atoms with Crippen molar-refractivity contribution in [3.05, 3.63) is 35.9 Å². The highest BCUT2D eigenvalue weighted by atomic mass is 32.1. The molecule has 0 saturated carbocycles. The van der Waals surface area contributed by atoms with E-state index < -0.39 is 0 Å². The summed E-state index contributed by atoms with van der Waals surface area (Å²) >= 11 is 1.47. The number of benzene rings is 1. The first-order valence-electron chi connectivity index (χ1n) is 7.32. The monoisotopic (exact) mass is 327 g/mol. The summed E-state index contributed by atoms with van der Waals surface area (Å²) in [4.78, 5) is 24.6. The van der Waals surface area contributed by atoms with Crippen LogP contribution < -0.4 is 10.6 Å². The van der Waals surface area contributed by atoms with Crippen molar-refractivity contribution in [2.24, 2.45) is 0 Å². The highest BCUT2D eigenvalue weighted by Gasteiger charge is 2.11. The van der Waals surface area contributed by atoms with Crippen LogP contribution in [0.2, 0.25) is 0 Å². The normalized spacial score (nSPS) is 10.7. The van der Waals surface area contributed by atoms with E-state index in [0.29, 0.717) is 11.7 Å². The molecule has 2 amide bonds. The number of anilines is 1. The van der Waals surface area contributed by atoms with Crippen LogP contribution in [-0.4, -0.2) is 27.5 Å². The van der Waals surface area contributed by atoms with E-state index >= 15 is 0 Å². The summed E-state index contributed by atoms with van der Waals surface area (Å²) in [5, 5.41) is 6.04. The second kappa shape index (κ2) is 6.29. The predicted octanol–water partition coefficient (Wildman–Crippen LogP) is 3.51. The topological polar surface area (TPSA) is 79.8 Å². The SMILES string of the molecule is CCNC(=O)Nc1nc2cc(-c3cnc(C)nc3)cc(C)c2s1. The Hall–Kier alpha value is -2.54. The molecule has 0 atom stereocenters. The quantitative estimate of drug-likeness (QED) is 0.771. The van der Waals surface area contributed by atoms with Gasteiger partial charge in [0.2, 0.25) is 0 Å². The summed E-state index contributed by atoms with van der Waals surface area (Å²) in [7, 11) is 0. The van der Waals surface area contributed by atoms with Crippen LogP contribution in [0.5, 0.6) is 0 Å². The summed E-state index contributed by atoms with van der Waals surface area (Å²) in [5.74, 6) is 0.744. The van der Waals surface area contributed by atoms with E-state index in [1.807, 2.05) is 39.2 Å². The third-order valence-electron chi connectivity index (χ3n) is 3.35. The van der Waals surface area contributed by atoms with Crippen molar-refractivity contribution in [3.63, 3.8) is 0 Å². The van der Waals surface area contributed by atoms with Gasteiger partial charge in [-0.25, -0.2) is 19.7 Å². The molecule has 2 aromatic heterocycles. The molecule has 6 nitrogen and oxygen atoms in total. The van der Waals surface area contributed by atoms with Crippen molar-refractivity contribution < 1.29 is 4.79 Å². The molecular formula is C16H17N5OS. The van der Waals surface area contributed by atoms with Crippen LogP contribution in [0.25, 0.3) is 21.3 Å². The fourth-order valence-corrected chi connectivity index (χ4v) is 3.17. The van der Waals surface area contributed by atoms with Gasteiger partial charge in [-0.15, -0.1) is 0 Å². The van der Waals surface area contributed by atoms with E-state index in [1.54, 1.807) is 0 Å². The van der Waals surface area contributed by atoms with Gasteiger partial charge in [-0.1, -0.05) is 11.3 Å². The van der Waals surface area contributed by atoms with Crippen molar-refractivity contribution in [3.8, 4) is 11.1 Å². The first kappa shape index (κ1) is 15.4. The minimum Gasteiger partial charge on any atom is -0.338 e. The molecule has 0 bridgehead atoms. The molecule has 0 saturated heterocycles. The molecule has 0 aliphatic carbocycles. The number of hydrogen-bond donors (Lipinski definition) is 2. The lowest BCUT2D eigenvalue weighted by atomic mass is 10.1. The summed E-state index contributed by atoms with van der Waals surface area (Å²) in [6.45, 7) is 6.35. The molecule has 0 radical (unpaired) electrons. The van der Waals surface area contributed by atoms with Crippen molar-refractivity contribution in [1.29, 1.82) is 0 Å². The molecule has 3 aromatic rings. The third-order valence-corrected chi connectivity index (χ3v) is 4.47. The Morgan fingerprint density at radius 1 is 1.17 bits per heavy atom. The molecule has 0 fully saturated rings. The molecule has 2 heterocycles. The van der Waals surface area contributed by atoms with Crippen LogP contribution in [-0.2, 0) is 0 Å². The molecule has 3 rings (SSSR count). The number of amides is 2. The number of nitrogens with one attached hydrogen (secondary N) is 2. The molecule has 0 spiro atoms. The molecular weight excluding hydrogens is 310 g/mol. The lowest BCUT2D eigenvalue weighted by Crippen LogP contribution is -2.28. The number of nitrogens with zero attached hydrogens (tertiary/aromatic N) is 3. The number of fused-ring (bicyclic) bond motifs is 1. The number of aryl methyl sites for hydroxylation is 2. The highest BCUT2D eigenvalue weighted by molar-refractivity contribution is 7.22. The number of thiazole rings is 1. The van der Waals surface area contributed by atoms with Gasteiger partial charge >= 0.3 is 6.03 Å². The van der Waals surface area contributed by atoms with E-state index in [2.05, 4.69) is 31.7 Å². The molecule has 0 aliphatic rings. The van der Waals surface area contributed by atoms with Gasteiger partial charge in [-0.2, -0.15) is 0 Å². The first-order chi connectivity index (χ1) is 11.1. The molecule has 23 heavy (non-hydrogen) atoms. The van der Waals surface area contributed by atoms with Crippen LogP contribution in [0.3, 0.4) is 0 Å². The van der Waals surface area contributed by atoms with Gasteiger partial charge in [0.1, 0.15) is 5.82 Å². The fraction of sp³-hybridized carbons (Fsp3) is 0.250. The van der Waals surface area contributed by atoms with Gasteiger partial charge in [-0.05, 0) is 44.0 Å². The van der Waals surface area contributed by atoms with Gasteiger partial charge in [-0.3, -0.25) is 5.32 Å². The lowest BCUT2D eigenvalue weighted by Gasteiger charge is -2.03. The summed E-state index contributed by atoms with van der Waals surface area (Å²) in [6.07, 6.45) is 3.62. The van der Waals surface area contributed by atoms with Crippen LogP contribution in [0.1, 0.15) is 18.3 Å². The maximum Gasteiger partial charge on any atom is 0.321 e. The maximum atomic E-state index is 11.6. The number of carbonyl (C=O) groups is 1. The minimum atomic E-state index is -0.239. The van der Waals surface area contributed by atoms with Crippen LogP contribution in [0.15, 0.2) is 24.5 Å². The van der Waals surface area contributed by atoms with Crippen molar-refractivity contribution in [2.75, 3.05) is 11.9 Å². The lowest BCUT2D eigenvalue weighted by molar-refractivity contribution is 0.252. The number of rotatable bonds is 3. The second-order valence-electron chi connectivity index (χ2n) is 5.16. The summed E-state index contributed by atoms with van der Waals surface area (Å²) in [5.41, 5.74) is 3.94. The average Bonchev–Trinajstić information content (AvgIpc) is 2.91. The largest absolute Gasteiger partial charge is 0.338 e. The number of carbonyl (C=O) groups excluding carboxylic acids is 1. The van der Waals surface area contributed by atoms with Gasteiger partial charge in [0.15, 0.2) is 5.13 Å². The maximum absolute atomic E-state index is 11.6. The fourth-order valence-electron chi connectivity index (χ4n) is 2.26. The summed E-state index contributed by atoms with van der Waals surface area (Å²) in [6, 6.07) is 3.84. The molecule has 0 aliphatic heterocycles. The Morgan fingerprint density at radius 3 is 2.61 bits per heavy atom. The Balaban J connectivity index is 1.97. The van der Waals surface area contributed by atoms with Crippen LogP contribution in [0.4, 0.5) is 9.93 Å². The Bertz CT molecular complexity index is 857. The molecule has 1 aromatic carbocycles. The van der Waals surface area contributed by atoms with Crippen molar-refractivity contribution in [2.45, 2.75) is 20.8 Å². The zero-order valence-electron chi connectivity index (χ0n) is 13.2. The van der Waals surface area contributed by atoms with Crippen molar-refractivity contribution >= 4 is 32.7 Å². The first-order valence-corrected chi connectivity index (χ1v) is 8.13. The van der Waals surface area contributed by atoms with Gasteiger partial charge in [0, 0.05) is 24.5 Å². The van der Waals surface area contributed by atoms with E-state index in [0.717, 1.165) is 32.7 Å². The van der Waals surface area contributed by atoms with Crippen molar-refractivity contribution in [1.82, 2.24) is 20.3 Å². The molecule has 118 valence electrons. The van der Waals surface area contributed by atoms with E-state index in [4.69, 9.17) is 0 Å². The Morgan fingerprint density at radius 2 is 1.91 bits per heavy atom. The van der Waals surface area contributed by atoms with Gasteiger partial charge in [0.25, 0.3) is 0 Å². The molecule has 7 heteroatoms. The zero-order valence-corrected chi connectivity index (χ0v) is 14.0. The summed E-state index contributed by atoms with van der Waals surface area (Å²) < 4.78 is 1.06. The number of aromatic nitrogens is 3. The minimum absolute atomic E-state index is 0.239. The van der Waals surface area contributed by atoms with Crippen LogP contribution >= 0.6 is 11.3 Å². The van der Waals surface area contributed by atoms with Gasteiger partial charge < -0.3 is 5.32 Å². The van der Waals surface area contributed by atoms with Crippen LogP contribution in [0, 0.1) is 13.8 Å². The standard InChI is InChI=1S/C16H17N5OS/c1-4-17-15(22)21-16-20-13-6-11(5-9(2)14(13)23-16)12-7-18-10(3)19-8-12/h5-8H,4H2,1-3H3,(H2,17,20,21,22). The van der Waals surface area contributed by atoms with E-state index in [-0.39, 0.29) is 6.03 Å². The third kappa shape index (κ3) is 3.29. The van der Waals surface area contributed by atoms with Gasteiger partial charge in [0.05, 0.1) is 10.2 Å². The Labute approximate surface area is 138 Å². The van der Waals surface area contributed by atoms with E-state index in [1.165, 1.54) is 11.3 Å². The number of urea groups is 1. The highest BCUT2D eigenvalue weighted by Crippen LogP contribution is 2.32. The molecule has 2 N–H and O–H groups in total. The van der Waals surface area contributed by atoms with E-state index in [9.17, 15) is 4.79 Å². The molecule has 0 unspecified atom stereocenters. The predicted molar refractivity (Wildman–Crippen MR) is 92.8 cm³/mol.